The molecule has 154 valence electrons. The molecule has 8 nitrogen and oxygen atoms in total. The number of aromatic nitrogens is 5. The highest BCUT2D eigenvalue weighted by atomic mass is 16.3. The number of pyridine rings is 1. The van der Waals surface area contributed by atoms with Gasteiger partial charge in [-0.25, -0.2) is 9.67 Å². The molecule has 5 aromatic rings. The zero-order valence-electron chi connectivity index (χ0n) is 16.9. The van der Waals surface area contributed by atoms with Crippen LogP contribution in [-0.4, -0.2) is 30.5 Å². The second-order valence-electron chi connectivity index (χ2n) is 7.23. The van der Waals surface area contributed by atoms with Gasteiger partial charge in [-0.15, -0.1) is 0 Å². The van der Waals surface area contributed by atoms with Gasteiger partial charge in [0.05, 0.1) is 23.9 Å². The molecule has 0 saturated carbocycles. The number of anilines is 1. The SMILES string of the molecule is Cc1nn(CC(=O)Nc2cccc(Cn3cccn3)c2)c2nccc(-c3ccco3)c12. The zero-order chi connectivity index (χ0) is 21.2. The summed E-state index contributed by atoms with van der Waals surface area (Å²) in [5.41, 5.74) is 4.13. The zero-order valence-corrected chi connectivity index (χ0v) is 16.9. The van der Waals surface area contributed by atoms with E-state index in [1.165, 1.54) is 0 Å². The Morgan fingerprint density at radius 1 is 1.13 bits per heavy atom. The van der Waals surface area contributed by atoms with Crippen molar-refractivity contribution in [3.8, 4) is 11.3 Å². The summed E-state index contributed by atoms with van der Waals surface area (Å²) in [6, 6.07) is 15.2. The van der Waals surface area contributed by atoms with E-state index in [4.69, 9.17) is 4.42 Å². The van der Waals surface area contributed by atoms with Crippen molar-refractivity contribution >= 4 is 22.6 Å². The van der Waals surface area contributed by atoms with Gasteiger partial charge in [-0.1, -0.05) is 12.1 Å². The summed E-state index contributed by atoms with van der Waals surface area (Å²) in [7, 11) is 0. The lowest BCUT2D eigenvalue weighted by Crippen LogP contribution is -2.20. The number of rotatable bonds is 6. The number of amides is 1. The summed E-state index contributed by atoms with van der Waals surface area (Å²) >= 11 is 0. The fourth-order valence-corrected chi connectivity index (χ4v) is 3.69. The molecule has 1 N–H and O–H groups in total. The average molecular weight is 412 g/mol. The lowest BCUT2D eigenvalue weighted by molar-refractivity contribution is -0.116. The standard InChI is InChI=1S/C23H20N6O2/c1-16-22-19(20-7-3-12-31-20)8-10-24-23(22)29(27-16)15-21(30)26-18-6-2-5-17(13-18)14-28-11-4-9-25-28/h2-13H,14-15H2,1H3,(H,26,30). The number of nitrogens with one attached hydrogen (secondary N) is 1. The monoisotopic (exact) mass is 412 g/mol. The average Bonchev–Trinajstić information content (AvgIpc) is 3.51. The van der Waals surface area contributed by atoms with Gasteiger partial charge in [0.15, 0.2) is 5.65 Å². The molecule has 8 heteroatoms. The van der Waals surface area contributed by atoms with Crippen molar-refractivity contribution in [3.63, 3.8) is 0 Å². The van der Waals surface area contributed by atoms with Crippen LogP contribution >= 0.6 is 0 Å². The molecular formula is C23H20N6O2. The maximum atomic E-state index is 12.7. The summed E-state index contributed by atoms with van der Waals surface area (Å²) in [6.07, 6.45) is 6.98. The molecule has 4 heterocycles. The molecule has 0 spiro atoms. The van der Waals surface area contributed by atoms with E-state index >= 15 is 0 Å². The summed E-state index contributed by atoms with van der Waals surface area (Å²) in [5.74, 6) is 0.569. The summed E-state index contributed by atoms with van der Waals surface area (Å²) in [5, 5.41) is 12.6. The Labute approximate surface area is 178 Å². The van der Waals surface area contributed by atoms with Gasteiger partial charge in [-0.3, -0.25) is 9.48 Å². The Hall–Kier alpha value is -4.20. The van der Waals surface area contributed by atoms with E-state index in [1.54, 1.807) is 23.3 Å². The number of carbonyl (C=O) groups is 1. The highest BCUT2D eigenvalue weighted by Gasteiger charge is 2.17. The molecule has 0 bridgehead atoms. The van der Waals surface area contributed by atoms with Gasteiger partial charge < -0.3 is 9.73 Å². The van der Waals surface area contributed by atoms with E-state index < -0.39 is 0 Å². The second kappa shape index (κ2) is 7.91. The van der Waals surface area contributed by atoms with E-state index in [9.17, 15) is 4.79 Å². The van der Waals surface area contributed by atoms with Gasteiger partial charge in [0.25, 0.3) is 0 Å². The van der Waals surface area contributed by atoms with Crippen LogP contribution in [-0.2, 0) is 17.9 Å². The number of hydrogen-bond acceptors (Lipinski definition) is 5. The Morgan fingerprint density at radius 2 is 2.06 bits per heavy atom. The predicted octanol–water partition coefficient (Wildman–Crippen LogP) is 3.88. The third-order valence-corrected chi connectivity index (χ3v) is 5.00. The third-order valence-electron chi connectivity index (χ3n) is 5.00. The summed E-state index contributed by atoms with van der Waals surface area (Å²) in [4.78, 5) is 17.2. The van der Waals surface area contributed by atoms with E-state index in [2.05, 4.69) is 20.5 Å². The van der Waals surface area contributed by atoms with Crippen molar-refractivity contribution in [2.24, 2.45) is 0 Å². The Bertz CT molecular complexity index is 1340. The van der Waals surface area contributed by atoms with Crippen LogP contribution in [0.25, 0.3) is 22.4 Å². The Balaban J connectivity index is 1.36. The number of benzene rings is 1. The highest BCUT2D eigenvalue weighted by molar-refractivity contribution is 5.95. The molecule has 5 rings (SSSR count). The van der Waals surface area contributed by atoms with Crippen molar-refractivity contribution in [1.82, 2.24) is 24.5 Å². The van der Waals surface area contributed by atoms with Crippen molar-refractivity contribution in [1.29, 1.82) is 0 Å². The van der Waals surface area contributed by atoms with Gasteiger partial charge in [-0.2, -0.15) is 10.2 Å². The van der Waals surface area contributed by atoms with E-state index in [1.807, 2.05) is 66.3 Å². The van der Waals surface area contributed by atoms with Gasteiger partial charge >= 0.3 is 0 Å². The van der Waals surface area contributed by atoms with Crippen molar-refractivity contribution < 1.29 is 9.21 Å². The normalized spacial score (nSPS) is 11.1. The molecule has 0 aliphatic carbocycles. The number of carbonyl (C=O) groups excluding carboxylic acids is 1. The molecule has 0 unspecified atom stereocenters. The molecule has 1 amide bonds. The van der Waals surface area contributed by atoms with Crippen molar-refractivity contribution in [2.75, 3.05) is 5.32 Å². The minimum Gasteiger partial charge on any atom is -0.464 e. The Morgan fingerprint density at radius 3 is 2.87 bits per heavy atom. The van der Waals surface area contributed by atoms with Crippen LogP contribution in [0, 0.1) is 6.92 Å². The minimum absolute atomic E-state index is 0.0579. The molecule has 0 radical (unpaired) electrons. The smallest absolute Gasteiger partial charge is 0.246 e. The van der Waals surface area contributed by atoms with Gasteiger partial charge in [0, 0.05) is 29.8 Å². The first-order valence-electron chi connectivity index (χ1n) is 9.89. The summed E-state index contributed by atoms with van der Waals surface area (Å²) in [6.45, 7) is 2.60. The number of furan rings is 1. The van der Waals surface area contributed by atoms with E-state index in [0.717, 1.165) is 33.7 Å². The lowest BCUT2D eigenvalue weighted by atomic mass is 10.1. The van der Waals surface area contributed by atoms with Crippen LogP contribution in [0.5, 0.6) is 0 Å². The minimum atomic E-state index is -0.175. The summed E-state index contributed by atoms with van der Waals surface area (Å²) < 4.78 is 9.01. The van der Waals surface area contributed by atoms with Crippen LogP contribution in [0.4, 0.5) is 5.69 Å². The maximum Gasteiger partial charge on any atom is 0.246 e. The number of aryl methyl sites for hydroxylation is 1. The largest absolute Gasteiger partial charge is 0.464 e. The molecule has 0 fully saturated rings. The molecule has 4 aromatic heterocycles. The molecule has 0 saturated heterocycles. The van der Waals surface area contributed by atoms with Crippen LogP contribution in [0.1, 0.15) is 11.3 Å². The maximum absolute atomic E-state index is 12.7. The first-order chi connectivity index (χ1) is 15.2. The van der Waals surface area contributed by atoms with Gasteiger partial charge in [0.2, 0.25) is 5.91 Å². The molecule has 0 aliphatic heterocycles. The van der Waals surface area contributed by atoms with Crippen molar-refractivity contribution in [3.05, 3.63) is 84.6 Å². The van der Waals surface area contributed by atoms with Crippen molar-refractivity contribution in [2.45, 2.75) is 20.0 Å². The number of hydrogen-bond donors (Lipinski definition) is 1. The molecule has 0 atom stereocenters. The Kier molecular flexibility index (Phi) is 4.80. The third kappa shape index (κ3) is 3.83. The first kappa shape index (κ1) is 18.8. The van der Waals surface area contributed by atoms with Crippen LogP contribution < -0.4 is 5.32 Å². The number of nitrogens with zero attached hydrogens (tertiary/aromatic N) is 5. The fraction of sp³-hybridized carbons (Fsp3) is 0.130. The topological polar surface area (TPSA) is 90.8 Å². The lowest BCUT2D eigenvalue weighted by Gasteiger charge is -2.08. The van der Waals surface area contributed by atoms with Crippen LogP contribution in [0.2, 0.25) is 0 Å². The van der Waals surface area contributed by atoms with Crippen LogP contribution in [0.15, 0.2) is 77.8 Å². The number of fused-ring (bicyclic) bond motifs is 1. The highest BCUT2D eigenvalue weighted by Crippen LogP contribution is 2.30. The quantitative estimate of drug-likeness (QED) is 0.457. The van der Waals surface area contributed by atoms with Gasteiger partial charge in [-0.05, 0) is 48.9 Å². The molecule has 1 aromatic carbocycles. The molecule has 31 heavy (non-hydrogen) atoms. The van der Waals surface area contributed by atoms with E-state index in [-0.39, 0.29) is 12.5 Å². The second-order valence-corrected chi connectivity index (χ2v) is 7.23. The van der Waals surface area contributed by atoms with Gasteiger partial charge in [0.1, 0.15) is 12.3 Å². The first-order valence-corrected chi connectivity index (χ1v) is 9.89. The van der Waals surface area contributed by atoms with Crippen LogP contribution in [0.3, 0.4) is 0 Å². The molecule has 0 aliphatic rings. The molecular weight excluding hydrogens is 392 g/mol. The fourth-order valence-electron chi connectivity index (χ4n) is 3.69. The predicted molar refractivity (Wildman–Crippen MR) is 116 cm³/mol. The van der Waals surface area contributed by atoms with E-state index in [0.29, 0.717) is 12.2 Å².